The Kier molecular flexibility index (Phi) is 6.64. The highest BCUT2D eigenvalue weighted by Crippen LogP contribution is 2.27. The molecule has 2 aliphatic rings. The van der Waals surface area contributed by atoms with Crippen LogP contribution in [0, 0.1) is 0 Å². The maximum atomic E-state index is 12.8. The zero-order valence-corrected chi connectivity index (χ0v) is 18.3. The number of hydrogen-bond donors (Lipinski definition) is 2. The second-order valence-electron chi connectivity index (χ2n) is 8.16. The summed E-state index contributed by atoms with van der Waals surface area (Å²) in [4.78, 5) is 38.1. The van der Waals surface area contributed by atoms with Gasteiger partial charge in [-0.25, -0.2) is 9.59 Å². The molecule has 2 N–H and O–H groups in total. The van der Waals surface area contributed by atoms with Crippen molar-refractivity contribution in [3.05, 3.63) is 51.4 Å². The van der Waals surface area contributed by atoms with Gasteiger partial charge in [-0.15, -0.1) is 0 Å². The number of aromatic carboxylic acids is 1. The quantitative estimate of drug-likeness (QED) is 0.704. The van der Waals surface area contributed by atoms with E-state index in [1.165, 1.54) is 30.8 Å². The summed E-state index contributed by atoms with van der Waals surface area (Å²) in [6.45, 7) is 0.984. The van der Waals surface area contributed by atoms with Gasteiger partial charge in [-0.2, -0.15) is 9.78 Å². The van der Waals surface area contributed by atoms with Crippen molar-refractivity contribution in [1.82, 2.24) is 15.1 Å². The van der Waals surface area contributed by atoms with Crippen molar-refractivity contribution in [3.8, 4) is 5.69 Å². The number of carbonyl (C=O) groups excluding carboxylic acids is 1. The monoisotopic (exact) mass is 460 g/mol. The van der Waals surface area contributed by atoms with Crippen LogP contribution in [0.2, 0.25) is 5.02 Å². The van der Waals surface area contributed by atoms with Gasteiger partial charge in [-0.3, -0.25) is 4.79 Å². The molecule has 1 atom stereocenters. The molecule has 32 heavy (non-hydrogen) atoms. The Hall–Kier alpha value is -3.07. The molecule has 2 aromatic rings. The van der Waals surface area contributed by atoms with Crippen molar-refractivity contribution in [1.29, 1.82) is 0 Å². The van der Waals surface area contributed by atoms with E-state index >= 15 is 0 Å². The number of aromatic nitrogens is 2. The van der Waals surface area contributed by atoms with Crippen LogP contribution >= 0.6 is 11.6 Å². The minimum atomic E-state index is -1.10. The molecule has 1 amide bonds. The third-order valence-electron chi connectivity index (χ3n) is 5.92. The number of halogens is 1. The van der Waals surface area contributed by atoms with Gasteiger partial charge in [0.1, 0.15) is 11.1 Å². The normalized spacial score (nSPS) is 19.0. The Morgan fingerprint density at radius 2 is 1.97 bits per heavy atom. The Labute approximate surface area is 189 Å². The lowest BCUT2D eigenvalue weighted by atomic mass is 9.96. The first kappa shape index (κ1) is 22.1. The molecule has 4 rings (SSSR count). The third-order valence-corrected chi connectivity index (χ3v) is 6.28. The first-order valence-corrected chi connectivity index (χ1v) is 11.1. The molecule has 1 aromatic carbocycles. The van der Waals surface area contributed by atoms with E-state index in [1.54, 1.807) is 6.07 Å². The molecule has 9 nitrogen and oxygen atoms in total. The fraction of sp³-hybridized carbons (Fsp3) is 0.455. The molecule has 2 heterocycles. The molecular weight excluding hydrogens is 436 g/mol. The first-order chi connectivity index (χ1) is 15.4. The number of rotatable bonds is 5. The molecule has 1 saturated heterocycles. The lowest BCUT2D eigenvalue weighted by Gasteiger charge is -2.23. The second-order valence-corrected chi connectivity index (χ2v) is 8.54. The van der Waals surface area contributed by atoms with Crippen molar-refractivity contribution < 1.29 is 19.4 Å². The molecular formula is C22H25ClN4O5. The Balaban J connectivity index is 1.43. The summed E-state index contributed by atoms with van der Waals surface area (Å²) < 4.78 is 6.64. The van der Waals surface area contributed by atoms with Crippen LogP contribution in [0.1, 0.15) is 48.9 Å². The fourth-order valence-corrected chi connectivity index (χ4v) is 4.49. The third kappa shape index (κ3) is 4.88. The summed E-state index contributed by atoms with van der Waals surface area (Å²) in [6, 6.07) is 6.09. The summed E-state index contributed by atoms with van der Waals surface area (Å²) in [5.74, 6) is -1.10. The number of carbonyl (C=O) groups is 2. The second kappa shape index (κ2) is 9.60. The fourth-order valence-electron chi connectivity index (χ4n) is 4.24. The molecule has 0 unspecified atom stereocenters. The summed E-state index contributed by atoms with van der Waals surface area (Å²) in [7, 11) is 0. The van der Waals surface area contributed by atoms with E-state index in [-0.39, 0.29) is 22.7 Å². The van der Waals surface area contributed by atoms with Crippen LogP contribution in [0.15, 0.2) is 35.3 Å². The van der Waals surface area contributed by atoms with Crippen molar-refractivity contribution in [3.63, 3.8) is 0 Å². The van der Waals surface area contributed by atoms with Crippen LogP contribution in [0.5, 0.6) is 0 Å². The van der Waals surface area contributed by atoms with E-state index in [9.17, 15) is 14.4 Å². The lowest BCUT2D eigenvalue weighted by molar-refractivity contribution is 0.0696. The minimum Gasteiger partial charge on any atom is -0.478 e. The van der Waals surface area contributed by atoms with Gasteiger partial charge >= 0.3 is 12.1 Å². The molecule has 1 aliphatic heterocycles. The highest BCUT2D eigenvalue weighted by Gasteiger charge is 2.29. The molecule has 170 valence electrons. The average molecular weight is 461 g/mol. The number of nitrogens with one attached hydrogen (secondary N) is 1. The molecule has 10 heteroatoms. The smallest absolute Gasteiger partial charge is 0.407 e. The van der Waals surface area contributed by atoms with Crippen LogP contribution in [0.3, 0.4) is 0 Å². The van der Waals surface area contributed by atoms with Gasteiger partial charge in [-0.05, 0) is 31.0 Å². The van der Waals surface area contributed by atoms with Crippen LogP contribution in [0.4, 0.5) is 10.5 Å². The predicted octanol–water partition coefficient (Wildman–Crippen LogP) is 3.22. The topological polar surface area (TPSA) is 114 Å². The Morgan fingerprint density at radius 1 is 1.19 bits per heavy atom. The number of hydrogen-bond acceptors (Lipinski definition) is 6. The van der Waals surface area contributed by atoms with E-state index in [0.29, 0.717) is 30.9 Å². The summed E-state index contributed by atoms with van der Waals surface area (Å²) >= 11 is 6.36. The summed E-state index contributed by atoms with van der Waals surface area (Å²) in [5, 5.41) is 16.3. The van der Waals surface area contributed by atoms with Gasteiger partial charge in [-0.1, -0.05) is 36.9 Å². The number of alkyl carbamates (subject to hydrolysis) is 1. The Bertz CT molecular complexity index is 1070. The molecule has 1 aliphatic carbocycles. The highest BCUT2D eigenvalue weighted by molar-refractivity contribution is 6.33. The molecule has 0 spiro atoms. The first-order valence-electron chi connectivity index (χ1n) is 10.8. The van der Waals surface area contributed by atoms with Crippen LogP contribution in [0.25, 0.3) is 5.69 Å². The minimum absolute atomic E-state index is 0.0203. The highest BCUT2D eigenvalue weighted by atomic mass is 35.5. The summed E-state index contributed by atoms with van der Waals surface area (Å²) in [5.41, 5.74) is 0.264. The lowest BCUT2D eigenvalue weighted by Crippen LogP contribution is -2.39. The number of benzene rings is 1. The standard InChI is InChI=1S/C22H25ClN4O5/c23-19-18(12-24-27(20(19)28)16-8-4-5-14(11-16)21(29)30)26-10-9-17(13-26)32-22(31)25-15-6-2-1-3-7-15/h4-5,8,11-12,15,17H,1-3,6-7,9-10,13H2,(H,25,31)(H,29,30)/t17-/m1/s1. The van der Waals surface area contributed by atoms with Gasteiger partial charge in [0.05, 0.1) is 29.7 Å². The SMILES string of the molecule is O=C(NC1CCCCC1)O[C@@H]1CCN(c2cnn(-c3cccc(C(=O)O)c3)c(=O)c2Cl)C1. The van der Waals surface area contributed by atoms with Crippen LogP contribution in [-0.4, -0.2) is 52.2 Å². The average Bonchev–Trinajstić information content (AvgIpc) is 3.24. The molecule has 2 fully saturated rings. The van der Waals surface area contributed by atoms with E-state index in [0.717, 1.165) is 30.4 Å². The molecule has 1 saturated carbocycles. The van der Waals surface area contributed by atoms with Gasteiger partial charge in [0.15, 0.2) is 0 Å². The van der Waals surface area contributed by atoms with Crippen LogP contribution < -0.4 is 15.8 Å². The number of anilines is 1. The van der Waals surface area contributed by atoms with E-state index in [2.05, 4.69) is 10.4 Å². The number of ether oxygens (including phenoxy) is 1. The Morgan fingerprint density at radius 3 is 2.72 bits per heavy atom. The predicted molar refractivity (Wildman–Crippen MR) is 119 cm³/mol. The maximum Gasteiger partial charge on any atom is 0.407 e. The van der Waals surface area contributed by atoms with Gasteiger partial charge < -0.3 is 20.1 Å². The zero-order chi connectivity index (χ0) is 22.7. The van der Waals surface area contributed by atoms with E-state index < -0.39 is 17.6 Å². The van der Waals surface area contributed by atoms with E-state index in [1.807, 2.05) is 4.90 Å². The molecule has 0 radical (unpaired) electrons. The zero-order valence-electron chi connectivity index (χ0n) is 17.5. The molecule has 0 bridgehead atoms. The number of carboxylic acid groups (broad SMARTS) is 1. The van der Waals surface area contributed by atoms with Crippen molar-refractivity contribution in [2.24, 2.45) is 0 Å². The van der Waals surface area contributed by atoms with Gasteiger partial charge in [0, 0.05) is 19.0 Å². The number of nitrogens with zero attached hydrogens (tertiary/aromatic N) is 3. The van der Waals surface area contributed by atoms with Gasteiger partial charge in [0.25, 0.3) is 5.56 Å². The van der Waals surface area contributed by atoms with Crippen molar-refractivity contribution >= 4 is 29.4 Å². The van der Waals surface area contributed by atoms with Crippen molar-refractivity contribution in [2.75, 3.05) is 18.0 Å². The van der Waals surface area contributed by atoms with Crippen LogP contribution in [-0.2, 0) is 4.74 Å². The van der Waals surface area contributed by atoms with Crippen molar-refractivity contribution in [2.45, 2.75) is 50.7 Å². The number of amides is 1. The number of carboxylic acids is 1. The van der Waals surface area contributed by atoms with Gasteiger partial charge in [0.2, 0.25) is 0 Å². The maximum absolute atomic E-state index is 12.8. The summed E-state index contributed by atoms with van der Waals surface area (Å²) in [6.07, 6.45) is 6.83. The molecule has 1 aromatic heterocycles. The largest absolute Gasteiger partial charge is 0.478 e. The van der Waals surface area contributed by atoms with E-state index in [4.69, 9.17) is 21.4 Å².